The highest BCUT2D eigenvalue weighted by molar-refractivity contribution is 6.33. The van der Waals surface area contributed by atoms with Gasteiger partial charge in [0.25, 0.3) is 5.91 Å². The number of nitrogens with one attached hydrogen (secondary N) is 1. The number of benzene rings is 2. The van der Waals surface area contributed by atoms with Crippen LogP contribution in [0, 0.1) is 11.8 Å². The summed E-state index contributed by atoms with van der Waals surface area (Å²) in [6, 6.07) is 9.39. The van der Waals surface area contributed by atoms with Crippen molar-refractivity contribution in [2.75, 3.05) is 63.5 Å². The number of anilines is 2. The van der Waals surface area contributed by atoms with Crippen molar-refractivity contribution < 1.29 is 46.6 Å². The first-order chi connectivity index (χ1) is 27.7. The van der Waals surface area contributed by atoms with Gasteiger partial charge in [-0.15, -0.1) is 0 Å². The van der Waals surface area contributed by atoms with Gasteiger partial charge in [-0.2, -0.15) is 13.2 Å². The van der Waals surface area contributed by atoms with E-state index >= 15 is 0 Å². The minimum absolute atomic E-state index is 0.00826. The summed E-state index contributed by atoms with van der Waals surface area (Å²) in [5, 5.41) is 2.65. The summed E-state index contributed by atoms with van der Waals surface area (Å²) in [6.45, 7) is 4.84. The number of ether oxygens (including phenoxy) is 2. The van der Waals surface area contributed by atoms with Crippen LogP contribution < -0.4 is 11.1 Å². The number of para-hydroxylation sites is 1. The Morgan fingerprint density at radius 2 is 1.55 bits per heavy atom. The van der Waals surface area contributed by atoms with Crippen molar-refractivity contribution in [3.05, 3.63) is 63.9 Å². The predicted octanol–water partition coefficient (Wildman–Crippen LogP) is 6.16. The number of hydrogen-bond donors (Lipinski definition) is 2. The Morgan fingerprint density at radius 1 is 0.931 bits per heavy atom. The lowest BCUT2D eigenvalue weighted by molar-refractivity contribution is -0.143. The molecular formula is C41H50ClF3N6O7. The average Bonchev–Trinajstić information content (AvgIpc) is 3.39. The molecule has 0 bridgehead atoms. The smallest absolute Gasteiger partial charge is 0.418 e. The molecule has 13 nitrogen and oxygen atoms in total. The van der Waals surface area contributed by atoms with E-state index in [1.807, 2.05) is 24.3 Å². The number of piperidine rings is 3. The van der Waals surface area contributed by atoms with Crippen molar-refractivity contribution in [2.24, 2.45) is 11.8 Å². The minimum Gasteiger partial charge on any atom is -0.486 e. The highest BCUT2D eigenvalue weighted by atomic mass is 35.5. The molecule has 0 aliphatic carbocycles. The molecule has 1 atom stereocenters. The number of nitrogens with zero attached hydrogens (tertiary/aromatic N) is 4. The number of likely N-dealkylation sites (tertiary alicyclic amines) is 3. The van der Waals surface area contributed by atoms with Gasteiger partial charge in [-0.25, -0.2) is 14.4 Å². The first-order valence-electron chi connectivity index (χ1n) is 19.9. The fourth-order valence-electron chi connectivity index (χ4n) is 8.67. The van der Waals surface area contributed by atoms with E-state index in [4.69, 9.17) is 26.8 Å². The van der Waals surface area contributed by atoms with E-state index in [9.17, 15) is 37.1 Å². The van der Waals surface area contributed by atoms with Gasteiger partial charge in [-0.3, -0.25) is 9.59 Å². The Labute approximate surface area is 340 Å². The third-order valence-electron chi connectivity index (χ3n) is 11.9. The van der Waals surface area contributed by atoms with E-state index in [1.54, 1.807) is 27.6 Å². The molecule has 4 heterocycles. The van der Waals surface area contributed by atoms with Crippen LogP contribution in [0.3, 0.4) is 0 Å². The Morgan fingerprint density at radius 3 is 2.17 bits per heavy atom. The maximum absolute atomic E-state index is 14.2. The topological polar surface area (TPSA) is 155 Å². The highest BCUT2D eigenvalue weighted by Gasteiger charge is 2.39. The molecule has 0 aromatic heterocycles. The highest BCUT2D eigenvalue weighted by Crippen LogP contribution is 2.39. The second-order valence-corrected chi connectivity index (χ2v) is 15.8. The van der Waals surface area contributed by atoms with Crippen molar-refractivity contribution in [3.8, 4) is 0 Å². The lowest BCUT2D eigenvalue weighted by Gasteiger charge is -2.41. The quantitative estimate of drug-likeness (QED) is 0.164. The molecule has 58 heavy (non-hydrogen) atoms. The number of carbonyl (C=O) groups excluding carboxylic acids is 5. The Hall–Kier alpha value is -4.95. The van der Waals surface area contributed by atoms with Crippen LogP contribution in [-0.2, 0) is 42.9 Å². The van der Waals surface area contributed by atoms with Crippen LogP contribution in [-0.4, -0.2) is 114 Å². The van der Waals surface area contributed by atoms with Crippen molar-refractivity contribution in [1.29, 1.82) is 0 Å². The van der Waals surface area contributed by atoms with Gasteiger partial charge in [0.1, 0.15) is 0 Å². The number of alkyl halides is 3. The molecule has 0 spiro atoms. The molecule has 2 aromatic rings. The monoisotopic (exact) mass is 830 g/mol. The fraction of sp³-hybridized carbons (Fsp3) is 0.561. The van der Waals surface area contributed by atoms with Crippen LogP contribution in [0.4, 0.5) is 34.1 Å². The number of amides is 5. The minimum atomic E-state index is -4.80. The number of nitrogens with two attached hydrogens (primary N) is 1. The third-order valence-corrected chi connectivity index (χ3v) is 12.2. The number of nitrogen functional groups attached to an aromatic ring is 1. The van der Waals surface area contributed by atoms with Crippen LogP contribution in [0.1, 0.15) is 68.6 Å². The lowest BCUT2D eigenvalue weighted by Crippen LogP contribution is -2.52. The Balaban J connectivity index is 1.08. The zero-order valence-corrected chi connectivity index (χ0v) is 33.3. The summed E-state index contributed by atoms with van der Waals surface area (Å²) in [5.41, 5.74) is 5.76. The molecule has 5 amide bonds. The van der Waals surface area contributed by atoms with Crippen LogP contribution in [0.25, 0.3) is 0 Å². The van der Waals surface area contributed by atoms with E-state index in [0.717, 1.165) is 30.2 Å². The summed E-state index contributed by atoms with van der Waals surface area (Å²) in [5.74, 6) is 1.58. The normalized spacial score (nSPS) is 19.1. The number of fused-ring (bicyclic) bond motifs is 1. The van der Waals surface area contributed by atoms with E-state index < -0.39 is 35.5 Å². The summed E-state index contributed by atoms with van der Waals surface area (Å²) in [4.78, 5) is 71.4. The van der Waals surface area contributed by atoms with E-state index in [-0.39, 0.29) is 72.8 Å². The molecule has 3 fully saturated rings. The van der Waals surface area contributed by atoms with Crippen molar-refractivity contribution in [2.45, 2.75) is 83.0 Å². The maximum Gasteiger partial charge on any atom is 0.418 e. The summed E-state index contributed by atoms with van der Waals surface area (Å²) < 4.78 is 52.8. The number of hydrogen-bond acceptors (Lipinski definition) is 8. The van der Waals surface area contributed by atoms with Gasteiger partial charge in [-0.1, -0.05) is 29.8 Å². The SMILES string of the molecule is CCOC(=C=O)CC(=O)N1CCC(C2CCN(C(=O)[C@@H](Cc3cc(Cl)c(N)c(C(F)(F)F)c3)OC(=O)N3CCC(N4CCc5ccccc5NC4=O)CC3)CC2)CC1. The van der Waals surface area contributed by atoms with Crippen LogP contribution in [0.15, 0.2) is 42.2 Å². The molecule has 0 unspecified atom stereocenters. The van der Waals surface area contributed by atoms with Gasteiger partial charge in [0.05, 0.1) is 29.3 Å². The second-order valence-electron chi connectivity index (χ2n) is 15.4. The van der Waals surface area contributed by atoms with E-state index in [1.165, 1.54) is 11.0 Å². The van der Waals surface area contributed by atoms with Gasteiger partial charge < -0.3 is 40.1 Å². The van der Waals surface area contributed by atoms with E-state index in [2.05, 4.69) is 5.32 Å². The van der Waals surface area contributed by atoms with Crippen molar-refractivity contribution >= 4 is 52.9 Å². The Kier molecular flexibility index (Phi) is 13.8. The molecule has 4 aliphatic heterocycles. The molecule has 17 heteroatoms. The average molecular weight is 831 g/mol. The summed E-state index contributed by atoms with van der Waals surface area (Å²) in [7, 11) is 0. The maximum atomic E-state index is 14.2. The van der Waals surface area contributed by atoms with Crippen LogP contribution >= 0.6 is 11.6 Å². The number of rotatable bonds is 10. The molecular weight excluding hydrogens is 781 g/mol. The predicted molar refractivity (Wildman–Crippen MR) is 209 cm³/mol. The second kappa shape index (κ2) is 18.8. The van der Waals surface area contributed by atoms with Gasteiger partial charge in [0, 0.05) is 64.0 Å². The molecule has 3 saturated heterocycles. The van der Waals surface area contributed by atoms with Gasteiger partial charge >= 0.3 is 18.3 Å². The molecule has 0 radical (unpaired) electrons. The summed E-state index contributed by atoms with van der Waals surface area (Å²) in [6.07, 6.45) is -2.97. The standard InChI is InChI=1S/C41H50ClF3N6O7/c1-2-57-31(25-52)24-36(53)48-14-7-27(8-15-48)28-9-16-49(17-10-28)38(54)35(23-26-21-32(41(43,44)45)37(46)33(42)22-26)58-40(56)50-18-12-30(13-19-50)51-20-11-29-5-3-4-6-34(29)47-39(51)55/h3-6,21-22,27-28,30,35H,2,7-20,23-24,46H2,1H3,(H,47,55)/t35-/m1/s1. The van der Waals surface area contributed by atoms with Gasteiger partial charge in [0.15, 0.2) is 17.8 Å². The summed E-state index contributed by atoms with van der Waals surface area (Å²) >= 11 is 6.13. The molecule has 2 aromatic carbocycles. The van der Waals surface area contributed by atoms with Gasteiger partial charge in [-0.05, 0) is 93.0 Å². The lowest BCUT2D eigenvalue weighted by atomic mass is 9.78. The first-order valence-corrected chi connectivity index (χ1v) is 20.3. The zero-order valence-electron chi connectivity index (χ0n) is 32.5. The largest absolute Gasteiger partial charge is 0.486 e. The molecule has 6 rings (SSSR count). The number of urea groups is 1. The van der Waals surface area contributed by atoms with Gasteiger partial charge in [0.2, 0.25) is 5.91 Å². The molecule has 314 valence electrons. The molecule has 4 aliphatic rings. The molecule has 3 N–H and O–H groups in total. The first kappa shape index (κ1) is 42.7. The molecule has 0 saturated carbocycles. The van der Waals surface area contributed by atoms with Crippen LogP contribution in [0.2, 0.25) is 5.02 Å². The zero-order chi connectivity index (χ0) is 41.6. The van der Waals surface area contributed by atoms with Crippen LogP contribution in [0.5, 0.6) is 0 Å². The number of halogens is 4. The fourth-order valence-corrected chi connectivity index (χ4v) is 8.91. The van der Waals surface area contributed by atoms with Crippen molar-refractivity contribution in [1.82, 2.24) is 19.6 Å². The Bertz CT molecular complexity index is 1890. The third kappa shape index (κ3) is 10.2. The van der Waals surface area contributed by atoms with Crippen molar-refractivity contribution in [3.63, 3.8) is 0 Å². The van der Waals surface area contributed by atoms with E-state index in [0.29, 0.717) is 70.7 Å². The number of carbonyl (C=O) groups is 4.